The van der Waals surface area contributed by atoms with E-state index in [0.29, 0.717) is 11.2 Å². The number of carbonyl (C=O) groups excluding carboxylic acids is 1. The second-order valence-electron chi connectivity index (χ2n) is 6.92. The van der Waals surface area contributed by atoms with Gasteiger partial charge in [-0.2, -0.15) is 0 Å². The van der Waals surface area contributed by atoms with Crippen LogP contribution in [0.4, 0.5) is 5.82 Å². The molecule has 0 aromatic carbocycles. The molecule has 156 valence electrons. The molecule has 0 spiro atoms. The molecule has 1 fully saturated rings. The quantitative estimate of drug-likeness (QED) is 0.455. The van der Waals surface area contributed by atoms with Crippen molar-refractivity contribution in [1.29, 1.82) is 0 Å². The Balaban J connectivity index is 1.48. The zero-order valence-corrected chi connectivity index (χ0v) is 16.5. The number of fused-ring (bicyclic) bond motifs is 1. The molecule has 7 heteroatoms. The number of piperidine rings is 1. The number of hydrogen-bond donors (Lipinski definition) is 0. The van der Waals surface area contributed by atoms with E-state index in [0.717, 1.165) is 28.9 Å². The predicted octanol–water partition coefficient (Wildman–Crippen LogP) is 3.84. The minimum absolute atomic E-state index is 0.0278. The molecule has 0 aliphatic carbocycles. The van der Waals surface area contributed by atoms with Crippen molar-refractivity contribution in [1.82, 2.24) is 24.5 Å². The van der Waals surface area contributed by atoms with Crippen LogP contribution in [0, 0.1) is 0 Å². The molecule has 4 aromatic rings. The van der Waals surface area contributed by atoms with E-state index in [-0.39, 0.29) is 16.9 Å². The second-order valence-corrected chi connectivity index (χ2v) is 6.92. The summed E-state index contributed by atoms with van der Waals surface area (Å²) in [6.07, 6.45) is -3.07. The molecule has 1 aliphatic rings. The van der Waals surface area contributed by atoms with Crippen molar-refractivity contribution in [2.24, 2.45) is 7.05 Å². The fourth-order valence-corrected chi connectivity index (χ4v) is 3.27. The van der Waals surface area contributed by atoms with Crippen LogP contribution in [-0.2, 0) is 13.5 Å². The van der Waals surface area contributed by atoms with Crippen LogP contribution >= 0.6 is 0 Å². The number of aromatic nitrogens is 5. The number of carbonyl (C=O) groups is 1. The number of Topliss-reactive ketones (excluding diaryl/α,β-unsaturated/α-hetero) is 1. The lowest BCUT2D eigenvalue weighted by Crippen LogP contribution is -2.30. The third-order valence-electron chi connectivity index (χ3n) is 4.84. The van der Waals surface area contributed by atoms with Gasteiger partial charge in [-0.05, 0) is 43.4 Å². The molecule has 5 heterocycles. The Morgan fingerprint density at radius 2 is 1.94 bits per heavy atom. The van der Waals surface area contributed by atoms with E-state index in [9.17, 15) is 4.79 Å². The molecular weight excluding hydrogens is 388 g/mol. The van der Waals surface area contributed by atoms with Crippen molar-refractivity contribution < 1.29 is 18.5 Å². The van der Waals surface area contributed by atoms with Crippen molar-refractivity contribution in [3.05, 3.63) is 66.6 Å². The van der Waals surface area contributed by atoms with E-state index in [1.54, 1.807) is 24.8 Å². The number of nitrogens with zero attached hydrogens (tertiary/aromatic N) is 6. The number of hydrogen-bond acceptors (Lipinski definition) is 6. The van der Waals surface area contributed by atoms with Crippen LogP contribution in [0.15, 0.2) is 55.4 Å². The summed E-state index contributed by atoms with van der Waals surface area (Å²) in [5.41, 5.74) is 2.64. The Labute approximate surface area is 194 Å². The molecule has 1 aliphatic heterocycles. The number of aryl methyl sites for hydroxylation is 1. The highest BCUT2D eigenvalue weighted by Gasteiger charge is 2.15. The fourth-order valence-electron chi connectivity index (χ4n) is 3.27. The molecular formula is C24H24N6O. The number of rotatable bonds is 5. The monoisotopic (exact) mass is 422 g/mol. The van der Waals surface area contributed by atoms with E-state index < -0.39 is 43.7 Å². The minimum Gasteiger partial charge on any atom is -0.357 e. The van der Waals surface area contributed by atoms with E-state index >= 15 is 0 Å². The van der Waals surface area contributed by atoms with Crippen LogP contribution in [-0.4, -0.2) is 43.3 Å². The SMILES string of the molecule is [2H]C1([2H])N(c2cc(C(=O)Cc3cc4cc(-c5cncn5C)cnc4cn3)ccn2)C([2H])([2H])C([2H])([2H])C([2H])([2H])C1([2H])[2H]. The zero-order valence-electron chi connectivity index (χ0n) is 26.5. The summed E-state index contributed by atoms with van der Waals surface area (Å²) in [6.45, 7) is -6.78. The second kappa shape index (κ2) is 8.26. The molecule has 0 atom stereocenters. The molecule has 5 rings (SSSR count). The first-order valence-electron chi connectivity index (χ1n) is 14.4. The summed E-state index contributed by atoms with van der Waals surface area (Å²) in [5, 5.41) is 0.727. The zero-order chi connectivity index (χ0) is 30.2. The third kappa shape index (κ3) is 4.03. The number of imidazole rings is 1. The average molecular weight is 423 g/mol. The van der Waals surface area contributed by atoms with Gasteiger partial charge in [-0.1, -0.05) is 0 Å². The molecule has 0 saturated carbocycles. The Hall–Kier alpha value is -3.61. The van der Waals surface area contributed by atoms with Gasteiger partial charge < -0.3 is 9.47 Å². The number of ketones is 1. The lowest BCUT2D eigenvalue weighted by atomic mass is 10.0. The first-order valence-corrected chi connectivity index (χ1v) is 9.44. The van der Waals surface area contributed by atoms with Crippen LogP contribution in [0.5, 0.6) is 0 Å². The molecule has 4 aromatic heterocycles. The van der Waals surface area contributed by atoms with Gasteiger partial charge >= 0.3 is 0 Å². The molecule has 7 nitrogen and oxygen atoms in total. The maximum Gasteiger partial charge on any atom is 0.169 e. The van der Waals surface area contributed by atoms with Crippen LogP contribution < -0.4 is 4.90 Å². The lowest BCUT2D eigenvalue weighted by molar-refractivity contribution is 0.0992. The van der Waals surface area contributed by atoms with Crippen molar-refractivity contribution >= 4 is 22.5 Å². The van der Waals surface area contributed by atoms with Crippen molar-refractivity contribution in [3.8, 4) is 11.3 Å². The fraction of sp³-hybridized carbons (Fsp3) is 0.292. The van der Waals surface area contributed by atoms with E-state index in [4.69, 9.17) is 13.7 Å². The largest absolute Gasteiger partial charge is 0.357 e. The van der Waals surface area contributed by atoms with Gasteiger partial charge in [-0.3, -0.25) is 14.8 Å². The van der Waals surface area contributed by atoms with Crippen LogP contribution in [0.25, 0.3) is 22.2 Å². The molecule has 0 radical (unpaired) electrons. The van der Waals surface area contributed by atoms with Gasteiger partial charge in [0.2, 0.25) is 0 Å². The van der Waals surface area contributed by atoms with Crippen LogP contribution in [0.1, 0.15) is 48.9 Å². The highest BCUT2D eigenvalue weighted by molar-refractivity contribution is 5.98. The molecule has 31 heavy (non-hydrogen) atoms. The maximum absolute atomic E-state index is 13.3. The van der Waals surface area contributed by atoms with Gasteiger partial charge in [-0.25, -0.2) is 9.97 Å². The van der Waals surface area contributed by atoms with Crippen molar-refractivity contribution in [2.45, 2.75) is 25.5 Å². The molecule has 0 N–H and O–H groups in total. The Kier molecular flexibility index (Phi) is 2.97. The Morgan fingerprint density at radius 1 is 1.06 bits per heavy atom. The maximum atomic E-state index is 13.3. The Morgan fingerprint density at radius 3 is 2.74 bits per heavy atom. The Bertz CT molecular complexity index is 1640. The van der Waals surface area contributed by atoms with E-state index in [1.807, 2.05) is 17.7 Å². The lowest BCUT2D eigenvalue weighted by Gasteiger charge is -2.27. The summed E-state index contributed by atoms with van der Waals surface area (Å²) in [4.78, 5) is 30.1. The number of pyridine rings is 3. The smallest absolute Gasteiger partial charge is 0.169 e. The molecule has 1 saturated heterocycles. The topological polar surface area (TPSA) is 76.8 Å². The van der Waals surface area contributed by atoms with Gasteiger partial charge in [0.05, 0.1) is 36.4 Å². The minimum atomic E-state index is -3.55. The normalized spacial score (nSPS) is 27.1. The van der Waals surface area contributed by atoms with Crippen molar-refractivity contribution in [3.63, 3.8) is 0 Å². The highest BCUT2D eigenvalue weighted by atomic mass is 16.1. The molecule has 0 amide bonds. The third-order valence-corrected chi connectivity index (χ3v) is 4.84. The summed E-state index contributed by atoms with van der Waals surface area (Å²) in [5.74, 6) is -1.05. The van der Waals surface area contributed by atoms with Crippen molar-refractivity contribution in [2.75, 3.05) is 17.9 Å². The van der Waals surface area contributed by atoms with Gasteiger partial charge in [0.15, 0.2) is 5.78 Å². The summed E-state index contributed by atoms with van der Waals surface area (Å²) in [7, 11) is 1.85. The van der Waals surface area contributed by atoms with E-state index in [2.05, 4.69) is 19.9 Å². The van der Waals surface area contributed by atoms with E-state index in [1.165, 1.54) is 12.3 Å². The molecule has 0 unspecified atom stereocenters. The van der Waals surface area contributed by atoms with Gasteiger partial charge in [0.25, 0.3) is 0 Å². The summed E-state index contributed by atoms with van der Waals surface area (Å²) >= 11 is 0. The first-order chi connectivity index (χ1) is 18.9. The number of anilines is 1. The van der Waals surface area contributed by atoms with Gasteiger partial charge in [-0.15, -0.1) is 0 Å². The van der Waals surface area contributed by atoms with Crippen LogP contribution in [0.3, 0.4) is 0 Å². The highest BCUT2D eigenvalue weighted by Crippen LogP contribution is 2.23. The van der Waals surface area contributed by atoms with Gasteiger partial charge in [0.1, 0.15) is 5.82 Å². The molecule has 0 bridgehead atoms. The first kappa shape index (κ1) is 11.1. The standard InChI is InChI=1S/C24H24N6O/c1-29-16-25-15-22(29)19-9-18-10-20(27-14-21(18)28-13-19)12-23(31)17-5-6-26-24(11-17)30-7-3-2-4-8-30/h5-6,9-11,13-16H,2-4,7-8,12H2,1H3/i2D2,3D2,4D2,7D2,8D2. The summed E-state index contributed by atoms with van der Waals surface area (Å²) in [6, 6.07) is 5.94. The predicted molar refractivity (Wildman–Crippen MR) is 120 cm³/mol. The van der Waals surface area contributed by atoms with Gasteiger partial charge in [0, 0.05) is 68.3 Å². The summed E-state index contributed by atoms with van der Waals surface area (Å²) < 4.78 is 83.7. The average Bonchev–Trinajstić information content (AvgIpc) is 3.33. The van der Waals surface area contributed by atoms with Crippen LogP contribution in [0.2, 0.25) is 0 Å².